The number of benzene rings is 1. The number of aliphatic hydroxyl groups excluding tert-OH is 1. The van der Waals surface area contributed by atoms with E-state index in [9.17, 15) is 19.9 Å². The minimum Gasteiger partial charge on any atom is -0.574 e. The number of carbonyl (C=O) groups excluding carboxylic acids is 1. The molecule has 2 rings (SSSR count). The topological polar surface area (TPSA) is 146 Å². The molecule has 3 N–H and O–H groups in total. The van der Waals surface area contributed by atoms with E-state index >= 15 is 0 Å². The second-order valence-corrected chi connectivity index (χ2v) is 7.74. The summed E-state index contributed by atoms with van der Waals surface area (Å²) in [5, 5.41) is 19.4. The van der Waals surface area contributed by atoms with Gasteiger partial charge in [-0.2, -0.15) is 5.43 Å². The number of pyridine rings is 1. The number of aromatic hydroxyl groups is 1. The van der Waals surface area contributed by atoms with Crippen molar-refractivity contribution >= 4 is 14.1 Å². The summed E-state index contributed by atoms with van der Waals surface area (Å²) in [7, 11) is -2.45. The fourth-order valence-electron chi connectivity index (χ4n) is 2.37. The molecule has 11 heteroatoms. The molecule has 0 aliphatic carbocycles. The van der Waals surface area contributed by atoms with Crippen molar-refractivity contribution in [1.29, 1.82) is 0 Å². The minimum absolute atomic E-state index is 0.0553. The van der Waals surface area contributed by atoms with Gasteiger partial charge in [0.2, 0.25) is 0 Å². The molecule has 0 bridgehead atoms. The number of hydrogen-bond donors (Lipinski definition) is 3. The Bertz CT molecular complexity index is 920. The van der Waals surface area contributed by atoms with Crippen molar-refractivity contribution < 1.29 is 33.9 Å². The smallest absolute Gasteiger partial charge is 0.412 e. The molecule has 0 aliphatic heterocycles. The Morgan fingerprint density at radius 2 is 1.90 bits per heavy atom. The SMILES string of the molecule is Cc1ncc(COc2ccc(O/[P+]([O-])=N/NC(C)C(=O)OC(C)C)cc2)c(CO)c1O. The van der Waals surface area contributed by atoms with Crippen LogP contribution < -0.4 is 19.6 Å². The van der Waals surface area contributed by atoms with Gasteiger partial charge in [0.15, 0.2) is 5.75 Å². The van der Waals surface area contributed by atoms with Gasteiger partial charge < -0.3 is 24.6 Å². The van der Waals surface area contributed by atoms with Crippen LogP contribution in [-0.2, 0) is 22.7 Å². The Morgan fingerprint density at radius 3 is 2.52 bits per heavy atom. The van der Waals surface area contributed by atoms with Crippen molar-refractivity contribution in [1.82, 2.24) is 10.4 Å². The summed E-state index contributed by atoms with van der Waals surface area (Å²) in [5.41, 5.74) is 3.80. The van der Waals surface area contributed by atoms with Gasteiger partial charge in [0.1, 0.15) is 24.1 Å². The zero-order chi connectivity index (χ0) is 23.0. The van der Waals surface area contributed by atoms with Crippen LogP contribution in [0.2, 0.25) is 0 Å². The molecule has 1 aromatic heterocycles. The van der Waals surface area contributed by atoms with E-state index in [-0.39, 0.29) is 25.1 Å². The second kappa shape index (κ2) is 11.6. The summed E-state index contributed by atoms with van der Waals surface area (Å²) < 4.78 is 15.9. The molecule has 31 heavy (non-hydrogen) atoms. The summed E-state index contributed by atoms with van der Waals surface area (Å²) in [5.74, 6) is 0.221. The van der Waals surface area contributed by atoms with Crippen molar-refractivity contribution in [2.45, 2.75) is 53.1 Å². The first-order valence-corrected chi connectivity index (χ1v) is 10.7. The van der Waals surface area contributed by atoms with Gasteiger partial charge in [-0.15, -0.1) is 0 Å². The third-order valence-corrected chi connectivity index (χ3v) is 4.67. The molecule has 0 amide bonds. The van der Waals surface area contributed by atoms with Crippen LogP contribution in [0.25, 0.3) is 0 Å². The van der Waals surface area contributed by atoms with E-state index < -0.39 is 20.2 Å². The van der Waals surface area contributed by atoms with Crippen LogP contribution in [-0.4, -0.2) is 33.3 Å². The van der Waals surface area contributed by atoms with Crippen LogP contribution in [0.5, 0.6) is 17.2 Å². The van der Waals surface area contributed by atoms with E-state index in [2.05, 4.69) is 15.3 Å². The molecule has 0 saturated heterocycles. The Kier molecular flexibility index (Phi) is 9.14. The van der Waals surface area contributed by atoms with Crippen LogP contribution >= 0.6 is 8.17 Å². The molecule has 2 aromatic rings. The fraction of sp³-hybridized carbons (Fsp3) is 0.400. The first-order valence-electron chi connectivity index (χ1n) is 9.53. The van der Waals surface area contributed by atoms with Crippen LogP contribution in [0.1, 0.15) is 37.6 Å². The monoisotopic (exact) mass is 451 g/mol. The van der Waals surface area contributed by atoms with Gasteiger partial charge in [0.25, 0.3) is 0 Å². The third-order valence-electron chi connectivity index (χ3n) is 4.03. The number of nitrogens with zero attached hydrogens (tertiary/aromatic N) is 2. The maximum Gasteiger partial charge on any atom is 0.412 e. The van der Waals surface area contributed by atoms with Crippen LogP contribution in [0.3, 0.4) is 0 Å². The highest BCUT2D eigenvalue weighted by molar-refractivity contribution is 7.33. The number of aryl methyl sites for hydroxylation is 1. The van der Waals surface area contributed by atoms with E-state index in [1.165, 1.54) is 13.1 Å². The zero-order valence-corrected chi connectivity index (χ0v) is 18.6. The molecule has 2 unspecified atom stereocenters. The molecule has 10 nitrogen and oxygen atoms in total. The van der Waals surface area contributed by atoms with Crippen molar-refractivity contribution in [2.75, 3.05) is 0 Å². The van der Waals surface area contributed by atoms with E-state index in [4.69, 9.17) is 14.0 Å². The Morgan fingerprint density at radius 1 is 1.26 bits per heavy atom. The molecule has 2 atom stereocenters. The van der Waals surface area contributed by atoms with Gasteiger partial charge in [-0.05, 0) is 52.0 Å². The number of hydrogen-bond acceptors (Lipinski definition) is 9. The van der Waals surface area contributed by atoms with Gasteiger partial charge in [0.05, 0.1) is 18.4 Å². The first-order chi connectivity index (χ1) is 14.7. The molecule has 0 fully saturated rings. The van der Waals surface area contributed by atoms with E-state index in [0.29, 0.717) is 28.3 Å². The zero-order valence-electron chi connectivity index (χ0n) is 17.7. The number of aliphatic hydroxyl groups is 1. The lowest BCUT2D eigenvalue weighted by atomic mass is 10.1. The second-order valence-electron chi connectivity index (χ2n) is 6.88. The fourth-order valence-corrected chi connectivity index (χ4v) is 2.98. The molecule has 0 saturated carbocycles. The molecule has 1 aromatic carbocycles. The lowest BCUT2D eigenvalue weighted by Crippen LogP contribution is -2.33. The summed E-state index contributed by atoms with van der Waals surface area (Å²) >= 11 is 0. The van der Waals surface area contributed by atoms with Crippen molar-refractivity contribution in [3.05, 3.63) is 47.3 Å². The predicted molar refractivity (Wildman–Crippen MR) is 111 cm³/mol. The van der Waals surface area contributed by atoms with Gasteiger partial charge >= 0.3 is 14.1 Å². The maximum absolute atomic E-state index is 11.9. The average Bonchev–Trinajstić information content (AvgIpc) is 2.73. The van der Waals surface area contributed by atoms with Gasteiger partial charge in [-0.1, -0.05) is 0 Å². The van der Waals surface area contributed by atoms with E-state index in [0.717, 1.165) is 0 Å². The number of rotatable bonds is 10. The molecular weight excluding hydrogens is 425 g/mol. The third kappa shape index (κ3) is 7.45. The maximum atomic E-state index is 11.9. The minimum atomic E-state index is -2.45. The van der Waals surface area contributed by atoms with Crippen molar-refractivity contribution in [3.63, 3.8) is 0 Å². The largest absolute Gasteiger partial charge is 0.574 e. The number of carbonyl (C=O) groups is 1. The highest BCUT2D eigenvalue weighted by Crippen LogP contribution is 2.27. The van der Waals surface area contributed by atoms with Gasteiger partial charge in [0, 0.05) is 22.2 Å². The van der Waals surface area contributed by atoms with Crippen LogP contribution in [0.15, 0.2) is 35.3 Å². The van der Waals surface area contributed by atoms with E-state index in [1.807, 2.05) is 0 Å². The molecular formula is C20H26N3O7P. The van der Waals surface area contributed by atoms with Gasteiger partial charge in [-0.3, -0.25) is 14.3 Å². The number of ether oxygens (including phenoxy) is 2. The van der Waals surface area contributed by atoms with Crippen LogP contribution in [0.4, 0.5) is 0 Å². The van der Waals surface area contributed by atoms with Crippen molar-refractivity contribution in [2.24, 2.45) is 4.85 Å². The summed E-state index contributed by atoms with van der Waals surface area (Å²) in [6.07, 6.45) is 1.28. The summed E-state index contributed by atoms with van der Waals surface area (Å²) in [6, 6.07) is 5.54. The molecule has 0 spiro atoms. The molecule has 1 heterocycles. The number of nitrogens with one attached hydrogen (secondary N) is 1. The van der Waals surface area contributed by atoms with Crippen LogP contribution in [0, 0.1) is 6.92 Å². The Labute approximate surface area is 181 Å². The van der Waals surface area contributed by atoms with Gasteiger partial charge in [-0.25, -0.2) is 0 Å². The number of aromatic nitrogens is 1. The summed E-state index contributed by atoms with van der Waals surface area (Å²) in [4.78, 5) is 31.3. The first kappa shape index (κ1) is 24.5. The lowest BCUT2D eigenvalue weighted by molar-refractivity contribution is -0.169. The van der Waals surface area contributed by atoms with E-state index in [1.54, 1.807) is 45.0 Å². The standard InChI is InChI=1S/C20H26N3O7P/c1-12(2)29-20(26)14(4)22-23-31(27)30-17-7-5-16(6-8-17)28-11-15-9-21-13(3)19(25)18(15)10-24/h5-9,12,14,22,24-25H,10-11H2,1-4H3. The number of esters is 1. The Hall–Kier alpha value is -2.78. The lowest BCUT2D eigenvalue weighted by Gasteiger charge is -2.12. The highest BCUT2D eigenvalue weighted by atomic mass is 31.1. The molecule has 0 aliphatic rings. The molecule has 0 radical (unpaired) electrons. The predicted octanol–water partition coefficient (Wildman–Crippen LogP) is 2.25. The average molecular weight is 451 g/mol. The molecule has 168 valence electrons. The summed E-state index contributed by atoms with van der Waals surface area (Å²) in [6.45, 7) is 6.39. The Balaban J connectivity index is 1.91. The quantitative estimate of drug-likeness (QED) is 0.281. The highest BCUT2D eigenvalue weighted by Gasteiger charge is 2.17. The normalized spacial score (nSPS) is 12.5. The van der Waals surface area contributed by atoms with Crippen molar-refractivity contribution in [3.8, 4) is 17.2 Å².